The van der Waals surface area contributed by atoms with Gasteiger partial charge in [-0.2, -0.15) is 5.26 Å². The molecule has 1 N–H and O–H groups in total. The molecule has 0 saturated carbocycles. The van der Waals surface area contributed by atoms with Gasteiger partial charge in [0.25, 0.3) is 0 Å². The van der Waals surface area contributed by atoms with Crippen LogP contribution in [0.4, 0.5) is 10.1 Å². The van der Waals surface area contributed by atoms with Gasteiger partial charge in [-0.05, 0) is 28.1 Å². The second-order valence-corrected chi connectivity index (χ2v) is 5.91. The number of nitriles is 1. The maximum Gasteiger partial charge on any atom is 0.183 e. The fourth-order valence-corrected chi connectivity index (χ4v) is 2.72. The number of aromatic nitrogens is 1. The first-order valence-electron chi connectivity index (χ1n) is 4.83. The van der Waals surface area contributed by atoms with Gasteiger partial charge in [0.05, 0.1) is 17.8 Å². The summed E-state index contributed by atoms with van der Waals surface area (Å²) in [5.41, 5.74) is 0.587. The van der Waals surface area contributed by atoms with Crippen molar-refractivity contribution >= 4 is 44.6 Å². The van der Waals surface area contributed by atoms with E-state index in [2.05, 4.69) is 26.2 Å². The van der Waals surface area contributed by atoms with E-state index in [-0.39, 0.29) is 5.56 Å². The molecular formula is C11H6BrClFN3S. The number of hydrogen-bond acceptors (Lipinski definition) is 4. The highest BCUT2D eigenvalue weighted by atomic mass is 79.9. The number of rotatable bonds is 3. The van der Waals surface area contributed by atoms with Crippen molar-refractivity contribution in [3.8, 4) is 6.07 Å². The Labute approximate surface area is 120 Å². The first-order valence-corrected chi connectivity index (χ1v) is 6.82. The highest BCUT2D eigenvalue weighted by Gasteiger charge is 2.08. The first-order chi connectivity index (χ1) is 8.60. The predicted octanol–water partition coefficient (Wildman–Crippen LogP) is 4.18. The number of hydrogen-bond donors (Lipinski definition) is 1. The molecule has 92 valence electrons. The lowest BCUT2D eigenvalue weighted by atomic mass is 10.2. The number of nitrogens with zero attached hydrogens (tertiary/aromatic N) is 2. The van der Waals surface area contributed by atoms with Crippen LogP contribution in [-0.2, 0) is 6.54 Å². The molecule has 1 aromatic carbocycles. The Morgan fingerprint density at radius 3 is 2.94 bits per heavy atom. The molecule has 1 aromatic heterocycles. The van der Waals surface area contributed by atoms with E-state index in [0.717, 1.165) is 4.88 Å². The van der Waals surface area contributed by atoms with Gasteiger partial charge in [-0.25, -0.2) is 9.37 Å². The third-order valence-corrected chi connectivity index (χ3v) is 3.93. The molecule has 7 heteroatoms. The van der Waals surface area contributed by atoms with Crippen LogP contribution >= 0.6 is 38.9 Å². The smallest absolute Gasteiger partial charge is 0.183 e. The van der Waals surface area contributed by atoms with Gasteiger partial charge >= 0.3 is 0 Å². The number of halogens is 3. The third kappa shape index (κ3) is 2.99. The molecule has 0 radical (unpaired) electrons. The van der Waals surface area contributed by atoms with Crippen LogP contribution in [0.2, 0.25) is 4.47 Å². The van der Waals surface area contributed by atoms with Crippen molar-refractivity contribution in [2.24, 2.45) is 0 Å². The predicted molar refractivity (Wildman–Crippen MR) is 73.3 cm³/mol. The second kappa shape index (κ2) is 5.65. The van der Waals surface area contributed by atoms with Gasteiger partial charge in [-0.15, -0.1) is 11.3 Å². The van der Waals surface area contributed by atoms with Crippen LogP contribution in [0.15, 0.2) is 22.8 Å². The summed E-state index contributed by atoms with van der Waals surface area (Å²) in [5, 5.41) is 11.7. The number of benzene rings is 1. The van der Waals surface area contributed by atoms with Crippen molar-refractivity contribution < 1.29 is 4.39 Å². The minimum Gasteiger partial charge on any atom is -0.379 e. The van der Waals surface area contributed by atoms with Crippen molar-refractivity contribution in [3.05, 3.63) is 43.5 Å². The molecule has 3 nitrogen and oxygen atoms in total. The number of anilines is 1. The summed E-state index contributed by atoms with van der Waals surface area (Å²) in [7, 11) is 0. The lowest BCUT2D eigenvalue weighted by Gasteiger charge is -2.08. The summed E-state index contributed by atoms with van der Waals surface area (Å²) in [6, 6.07) is 4.51. The monoisotopic (exact) mass is 345 g/mol. The quantitative estimate of drug-likeness (QED) is 0.907. The van der Waals surface area contributed by atoms with E-state index in [0.29, 0.717) is 21.2 Å². The lowest BCUT2D eigenvalue weighted by Crippen LogP contribution is -1.99. The number of nitrogens with one attached hydrogen (secondary N) is 1. The van der Waals surface area contributed by atoms with Crippen LogP contribution in [0.3, 0.4) is 0 Å². The summed E-state index contributed by atoms with van der Waals surface area (Å²) >= 11 is 10.3. The van der Waals surface area contributed by atoms with Crippen LogP contribution in [0, 0.1) is 17.1 Å². The van der Waals surface area contributed by atoms with Crippen molar-refractivity contribution in [1.82, 2.24) is 4.98 Å². The Bertz CT molecular complexity index is 623. The zero-order valence-electron chi connectivity index (χ0n) is 8.88. The van der Waals surface area contributed by atoms with Crippen LogP contribution < -0.4 is 5.32 Å². The van der Waals surface area contributed by atoms with Gasteiger partial charge in [-0.3, -0.25) is 0 Å². The molecule has 2 aromatic rings. The van der Waals surface area contributed by atoms with Crippen molar-refractivity contribution in [2.75, 3.05) is 5.32 Å². The van der Waals surface area contributed by atoms with Crippen molar-refractivity contribution in [2.45, 2.75) is 6.54 Å². The largest absolute Gasteiger partial charge is 0.379 e. The average Bonchev–Trinajstić information content (AvgIpc) is 2.75. The molecule has 0 spiro atoms. The molecule has 0 unspecified atom stereocenters. The molecule has 0 aliphatic heterocycles. The molecule has 0 aliphatic rings. The zero-order chi connectivity index (χ0) is 13.1. The van der Waals surface area contributed by atoms with Gasteiger partial charge in [0.1, 0.15) is 11.9 Å². The molecule has 0 bridgehead atoms. The lowest BCUT2D eigenvalue weighted by molar-refractivity contribution is 0.624. The Balaban J connectivity index is 2.15. The van der Waals surface area contributed by atoms with Gasteiger partial charge in [-0.1, -0.05) is 11.6 Å². The maximum atomic E-state index is 13.4. The van der Waals surface area contributed by atoms with E-state index >= 15 is 0 Å². The normalized spacial score (nSPS) is 10.1. The minimum absolute atomic E-state index is 0.00765. The molecule has 0 atom stereocenters. The van der Waals surface area contributed by atoms with Crippen LogP contribution in [0.25, 0.3) is 0 Å². The third-order valence-electron chi connectivity index (χ3n) is 2.16. The average molecular weight is 347 g/mol. The highest BCUT2D eigenvalue weighted by molar-refractivity contribution is 9.10. The van der Waals surface area contributed by atoms with Crippen molar-refractivity contribution in [3.63, 3.8) is 0 Å². The molecular weight excluding hydrogens is 341 g/mol. The molecule has 0 amide bonds. The summed E-state index contributed by atoms with van der Waals surface area (Å²) in [6.45, 7) is 0.494. The topological polar surface area (TPSA) is 48.7 Å². The van der Waals surface area contributed by atoms with E-state index in [1.54, 1.807) is 12.3 Å². The Morgan fingerprint density at radius 2 is 2.33 bits per heavy atom. The fraction of sp³-hybridized carbons (Fsp3) is 0.0909. The standard InChI is InChI=1S/C11H6BrClFN3S/c12-8-1-6(3-15)9(14)2-10(8)16-4-7-5-17-11(13)18-7/h1-2,5,16H,4H2. The summed E-state index contributed by atoms with van der Waals surface area (Å²) in [5.74, 6) is -0.550. The maximum absolute atomic E-state index is 13.4. The van der Waals surface area contributed by atoms with Crippen LogP contribution in [0.5, 0.6) is 0 Å². The molecule has 0 fully saturated rings. The van der Waals surface area contributed by atoms with Gasteiger partial charge in [0.15, 0.2) is 4.47 Å². The fourth-order valence-electron chi connectivity index (χ4n) is 1.32. The van der Waals surface area contributed by atoms with Gasteiger partial charge in [0, 0.05) is 15.5 Å². The Hall–Kier alpha value is -1.16. The molecule has 2 rings (SSSR count). The SMILES string of the molecule is N#Cc1cc(Br)c(NCc2cnc(Cl)s2)cc1F. The molecule has 1 heterocycles. The summed E-state index contributed by atoms with van der Waals surface area (Å²) in [4.78, 5) is 4.85. The van der Waals surface area contributed by atoms with Crippen LogP contribution in [-0.4, -0.2) is 4.98 Å². The zero-order valence-corrected chi connectivity index (χ0v) is 12.0. The van der Waals surface area contributed by atoms with Gasteiger partial charge < -0.3 is 5.32 Å². The minimum atomic E-state index is -0.550. The van der Waals surface area contributed by atoms with E-state index in [1.807, 2.05) is 0 Å². The van der Waals surface area contributed by atoms with Crippen molar-refractivity contribution in [1.29, 1.82) is 5.26 Å². The first kappa shape index (κ1) is 13.3. The van der Waals surface area contributed by atoms with Gasteiger partial charge in [0.2, 0.25) is 0 Å². The molecule has 0 saturated heterocycles. The van der Waals surface area contributed by atoms with E-state index in [9.17, 15) is 4.39 Å². The van der Waals surface area contributed by atoms with Crippen LogP contribution in [0.1, 0.15) is 10.4 Å². The highest BCUT2D eigenvalue weighted by Crippen LogP contribution is 2.27. The summed E-state index contributed by atoms with van der Waals surface area (Å²) < 4.78 is 14.6. The number of thiazole rings is 1. The summed E-state index contributed by atoms with van der Waals surface area (Å²) in [6.07, 6.45) is 1.66. The second-order valence-electron chi connectivity index (χ2n) is 3.36. The van der Waals surface area contributed by atoms with E-state index < -0.39 is 5.82 Å². The molecule has 0 aliphatic carbocycles. The van der Waals surface area contributed by atoms with E-state index in [1.165, 1.54) is 23.5 Å². The van der Waals surface area contributed by atoms with E-state index in [4.69, 9.17) is 16.9 Å². The Morgan fingerprint density at radius 1 is 1.56 bits per heavy atom. The Kier molecular flexibility index (Phi) is 4.17. The molecule has 18 heavy (non-hydrogen) atoms.